The highest BCUT2D eigenvalue weighted by Crippen LogP contribution is 2.23. The van der Waals surface area contributed by atoms with Crippen LogP contribution in [0.5, 0.6) is 5.75 Å². The van der Waals surface area contributed by atoms with E-state index >= 15 is 0 Å². The molecule has 1 amide bonds. The third-order valence-corrected chi connectivity index (χ3v) is 6.53. The van der Waals surface area contributed by atoms with Gasteiger partial charge in [-0.3, -0.25) is 9.69 Å². The SMILES string of the molecule is O=C(NCCN1CCc2sccc2C1)c1cccc(OCc2cccs2)c1. The van der Waals surface area contributed by atoms with E-state index in [4.69, 9.17) is 4.74 Å². The van der Waals surface area contributed by atoms with Gasteiger partial charge in [0.15, 0.2) is 0 Å². The first-order valence-electron chi connectivity index (χ1n) is 9.09. The lowest BCUT2D eigenvalue weighted by atomic mass is 10.1. The summed E-state index contributed by atoms with van der Waals surface area (Å²) in [6.45, 7) is 4.10. The fraction of sp³-hybridized carbons (Fsp3) is 0.286. The zero-order chi connectivity index (χ0) is 18.5. The Kier molecular flexibility index (Phi) is 5.87. The van der Waals surface area contributed by atoms with Gasteiger partial charge in [0.1, 0.15) is 12.4 Å². The highest BCUT2D eigenvalue weighted by Gasteiger charge is 2.17. The molecule has 0 saturated heterocycles. The maximum atomic E-state index is 12.4. The molecule has 2 aromatic heterocycles. The highest BCUT2D eigenvalue weighted by molar-refractivity contribution is 7.10. The van der Waals surface area contributed by atoms with E-state index in [2.05, 4.69) is 21.7 Å². The molecule has 4 nitrogen and oxygen atoms in total. The molecule has 1 aliphatic rings. The van der Waals surface area contributed by atoms with Crippen molar-refractivity contribution in [1.29, 1.82) is 0 Å². The predicted molar refractivity (Wildman–Crippen MR) is 111 cm³/mol. The number of fused-ring (bicyclic) bond motifs is 1. The fourth-order valence-electron chi connectivity index (χ4n) is 3.20. The number of carbonyl (C=O) groups excluding carboxylic acids is 1. The van der Waals surface area contributed by atoms with Gasteiger partial charge in [0, 0.05) is 41.5 Å². The summed E-state index contributed by atoms with van der Waals surface area (Å²) < 4.78 is 5.79. The fourth-order valence-corrected chi connectivity index (χ4v) is 4.71. The zero-order valence-corrected chi connectivity index (χ0v) is 16.7. The van der Waals surface area contributed by atoms with Crippen molar-refractivity contribution in [2.75, 3.05) is 19.6 Å². The van der Waals surface area contributed by atoms with Crippen molar-refractivity contribution >= 4 is 28.6 Å². The summed E-state index contributed by atoms with van der Waals surface area (Å²) >= 11 is 3.52. The molecule has 3 aromatic rings. The minimum atomic E-state index is -0.0511. The molecule has 0 bridgehead atoms. The van der Waals surface area contributed by atoms with Crippen LogP contribution in [0.3, 0.4) is 0 Å². The maximum absolute atomic E-state index is 12.4. The zero-order valence-electron chi connectivity index (χ0n) is 15.0. The largest absolute Gasteiger partial charge is 0.488 e. The second-order valence-corrected chi connectivity index (χ2v) is 8.58. The Morgan fingerprint density at radius 1 is 1.15 bits per heavy atom. The number of carbonyl (C=O) groups is 1. The lowest BCUT2D eigenvalue weighted by molar-refractivity contribution is 0.0947. The normalized spacial score (nSPS) is 13.9. The van der Waals surface area contributed by atoms with Crippen LogP contribution in [0.25, 0.3) is 0 Å². The minimum absolute atomic E-state index is 0.0511. The lowest BCUT2D eigenvalue weighted by Gasteiger charge is -2.26. The monoisotopic (exact) mass is 398 g/mol. The number of amides is 1. The number of hydrogen-bond donors (Lipinski definition) is 1. The molecule has 0 spiro atoms. The summed E-state index contributed by atoms with van der Waals surface area (Å²) in [6.07, 6.45) is 1.12. The number of nitrogens with zero attached hydrogens (tertiary/aromatic N) is 1. The Morgan fingerprint density at radius 2 is 2.11 bits per heavy atom. The lowest BCUT2D eigenvalue weighted by Crippen LogP contribution is -2.37. The van der Waals surface area contributed by atoms with E-state index in [0.29, 0.717) is 18.7 Å². The summed E-state index contributed by atoms with van der Waals surface area (Å²) in [4.78, 5) is 17.5. The smallest absolute Gasteiger partial charge is 0.251 e. The summed E-state index contributed by atoms with van der Waals surface area (Å²) in [5.74, 6) is 0.668. The van der Waals surface area contributed by atoms with E-state index in [1.165, 1.54) is 15.3 Å². The van der Waals surface area contributed by atoms with Crippen LogP contribution in [-0.4, -0.2) is 30.4 Å². The predicted octanol–water partition coefficient (Wildman–Crippen LogP) is 4.18. The van der Waals surface area contributed by atoms with Crippen molar-refractivity contribution in [1.82, 2.24) is 10.2 Å². The molecule has 0 aliphatic carbocycles. The number of benzene rings is 1. The molecule has 0 saturated carbocycles. The van der Waals surface area contributed by atoms with E-state index in [1.54, 1.807) is 11.3 Å². The molecule has 0 atom stereocenters. The van der Waals surface area contributed by atoms with Gasteiger partial charge in [0.2, 0.25) is 0 Å². The number of rotatable bonds is 7. The van der Waals surface area contributed by atoms with E-state index in [-0.39, 0.29) is 5.91 Å². The molecule has 4 rings (SSSR count). The van der Waals surface area contributed by atoms with Crippen LogP contribution in [0.1, 0.15) is 25.7 Å². The van der Waals surface area contributed by atoms with Crippen LogP contribution in [0.4, 0.5) is 0 Å². The molecule has 140 valence electrons. The van der Waals surface area contributed by atoms with Gasteiger partial charge in [-0.1, -0.05) is 12.1 Å². The molecule has 0 unspecified atom stereocenters. The second kappa shape index (κ2) is 8.69. The van der Waals surface area contributed by atoms with Crippen LogP contribution in [0, 0.1) is 0 Å². The number of nitrogens with one attached hydrogen (secondary N) is 1. The minimum Gasteiger partial charge on any atom is -0.488 e. The second-order valence-electron chi connectivity index (χ2n) is 6.55. The van der Waals surface area contributed by atoms with Crippen molar-refractivity contribution in [3.63, 3.8) is 0 Å². The molecular weight excluding hydrogens is 376 g/mol. The molecule has 1 aliphatic heterocycles. The van der Waals surface area contributed by atoms with Crippen LogP contribution in [-0.2, 0) is 19.6 Å². The van der Waals surface area contributed by atoms with Crippen LogP contribution in [0.2, 0.25) is 0 Å². The van der Waals surface area contributed by atoms with Gasteiger partial charge in [-0.15, -0.1) is 22.7 Å². The van der Waals surface area contributed by atoms with Gasteiger partial charge in [0.05, 0.1) is 0 Å². The van der Waals surface area contributed by atoms with E-state index in [1.807, 2.05) is 53.1 Å². The van der Waals surface area contributed by atoms with E-state index < -0.39 is 0 Å². The Labute approximate surface area is 167 Å². The van der Waals surface area contributed by atoms with Gasteiger partial charge in [-0.2, -0.15) is 0 Å². The van der Waals surface area contributed by atoms with Crippen LogP contribution in [0.15, 0.2) is 53.2 Å². The third-order valence-electron chi connectivity index (χ3n) is 4.66. The quantitative estimate of drug-likeness (QED) is 0.649. The van der Waals surface area contributed by atoms with Gasteiger partial charge in [0.25, 0.3) is 5.91 Å². The van der Waals surface area contributed by atoms with Crippen molar-refractivity contribution < 1.29 is 9.53 Å². The van der Waals surface area contributed by atoms with Gasteiger partial charge in [-0.05, 0) is 53.1 Å². The first-order valence-corrected chi connectivity index (χ1v) is 10.8. The van der Waals surface area contributed by atoms with Crippen molar-refractivity contribution in [2.45, 2.75) is 19.6 Å². The molecule has 0 radical (unpaired) electrons. The van der Waals surface area contributed by atoms with Crippen LogP contribution >= 0.6 is 22.7 Å². The summed E-state index contributed by atoms with van der Waals surface area (Å²) in [6, 6.07) is 13.6. The summed E-state index contributed by atoms with van der Waals surface area (Å²) in [5.41, 5.74) is 2.07. The average Bonchev–Trinajstić information content (AvgIpc) is 3.38. The summed E-state index contributed by atoms with van der Waals surface area (Å²) in [7, 11) is 0. The molecule has 1 N–H and O–H groups in total. The first kappa shape index (κ1) is 18.2. The maximum Gasteiger partial charge on any atom is 0.251 e. The summed E-state index contributed by atoms with van der Waals surface area (Å²) in [5, 5.41) is 7.23. The van der Waals surface area contributed by atoms with Gasteiger partial charge in [-0.25, -0.2) is 0 Å². The van der Waals surface area contributed by atoms with Gasteiger partial charge >= 0.3 is 0 Å². The van der Waals surface area contributed by atoms with E-state index in [9.17, 15) is 4.79 Å². The standard InChI is InChI=1S/C21H22N2O2S2/c24-21(22-8-10-23-9-6-20-17(14-23)7-12-27-20)16-3-1-4-18(13-16)25-15-19-5-2-11-26-19/h1-5,7,11-13H,6,8-10,14-15H2,(H,22,24). The van der Waals surface area contributed by atoms with Crippen molar-refractivity contribution in [3.8, 4) is 5.75 Å². The van der Waals surface area contributed by atoms with Crippen molar-refractivity contribution in [3.05, 3.63) is 74.1 Å². The topological polar surface area (TPSA) is 41.6 Å². The number of ether oxygens (including phenoxy) is 1. The molecule has 3 heterocycles. The molecule has 0 fully saturated rings. The Hall–Kier alpha value is -2.15. The van der Waals surface area contributed by atoms with Crippen molar-refractivity contribution in [2.24, 2.45) is 0 Å². The van der Waals surface area contributed by atoms with E-state index in [0.717, 1.165) is 31.8 Å². The van der Waals surface area contributed by atoms with Crippen LogP contribution < -0.4 is 10.1 Å². The Morgan fingerprint density at radius 3 is 3.00 bits per heavy atom. The Balaban J connectivity index is 1.25. The third kappa shape index (κ3) is 4.77. The van der Waals surface area contributed by atoms with Gasteiger partial charge < -0.3 is 10.1 Å². The number of thiophene rings is 2. The Bertz CT molecular complexity index is 889. The first-order chi connectivity index (χ1) is 13.3. The molecular formula is C21H22N2O2S2. The number of hydrogen-bond acceptors (Lipinski definition) is 5. The molecule has 6 heteroatoms. The molecule has 1 aromatic carbocycles. The average molecular weight is 399 g/mol. The highest BCUT2D eigenvalue weighted by atomic mass is 32.1. The molecule has 27 heavy (non-hydrogen) atoms.